The molecule has 0 amide bonds. The summed E-state index contributed by atoms with van der Waals surface area (Å²) in [7, 11) is 0. The molecule has 2 aromatic rings. The van der Waals surface area contributed by atoms with Crippen LogP contribution in [0.25, 0.3) is 5.69 Å². The van der Waals surface area contributed by atoms with Crippen LogP contribution in [0.4, 0.5) is 0 Å². The third-order valence-corrected chi connectivity index (χ3v) is 3.58. The summed E-state index contributed by atoms with van der Waals surface area (Å²) >= 11 is 0. The Morgan fingerprint density at radius 2 is 2.10 bits per heavy atom. The lowest BCUT2D eigenvalue weighted by Gasteiger charge is -2.14. The molecule has 0 saturated heterocycles. The van der Waals surface area contributed by atoms with Crippen molar-refractivity contribution in [2.24, 2.45) is 5.92 Å². The number of nitrogens with zero attached hydrogens (tertiary/aromatic N) is 2. The molecular weight excluding hydrogens is 250 g/mol. The predicted octanol–water partition coefficient (Wildman–Crippen LogP) is 2.37. The fourth-order valence-corrected chi connectivity index (χ4v) is 2.24. The molecule has 108 valence electrons. The highest BCUT2D eigenvalue weighted by atomic mass is 16.3. The number of nitrogens with one attached hydrogen (secondary N) is 1. The van der Waals surface area contributed by atoms with Crippen LogP contribution in [0.2, 0.25) is 0 Å². The Morgan fingerprint density at radius 1 is 1.30 bits per heavy atom. The quantitative estimate of drug-likeness (QED) is 0.776. The van der Waals surface area contributed by atoms with E-state index in [0.29, 0.717) is 5.92 Å². The van der Waals surface area contributed by atoms with E-state index in [1.54, 1.807) is 6.20 Å². The van der Waals surface area contributed by atoms with E-state index in [9.17, 15) is 0 Å². The van der Waals surface area contributed by atoms with E-state index < -0.39 is 0 Å². The number of rotatable bonds is 8. The van der Waals surface area contributed by atoms with Gasteiger partial charge in [0.15, 0.2) is 0 Å². The minimum Gasteiger partial charge on any atom is -0.396 e. The molecule has 0 radical (unpaired) electrons. The van der Waals surface area contributed by atoms with Crippen molar-refractivity contribution in [2.45, 2.75) is 26.3 Å². The highest BCUT2D eigenvalue weighted by molar-refractivity contribution is 5.33. The van der Waals surface area contributed by atoms with Crippen LogP contribution in [0.1, 0.15) is 25.3 Å². The number of hydrogen-bond acceptors (Lipinski definition) is 3. The summed E-state index contributed by atoms with van der Waals surface area (Å²) in [6, 6.07) is 10.3. The first-order chi connectivity index (χ1) is 9.83. The topological polar surface area (TPSA) is 50.1 Å². The number of aliphatic hydroxyl groups excluding tert-OH is 1. The van der Waals surface area contributed by atoms with Crippen molar-refractivity contribution in [3.63, 3.8) is 0 Å². The van der Waals surface area contributed by atoms with Crippen molar-refractivity contribution in [1.82, 2.24) is 15.1 Å². The van der Waals surface area contributed by atoms with Crippen LogP contribution in [0, 0.1) is 5.92 Å². The van der Waals surface area contributed by atoms with Crippen LogP contribution in [0.15, 0.2) is 42.7 Å². The minimum atomic E-state index is 0.277. The minimum absolute atomic E-state index is 0.277. The van der Waals surface area contributed by atoms with Gasteiger partial charge in [-0.1, -0.05) is 25.5 Å². The summed E-state index contributed by atoms with van der Waals surface area (Å²) in [5.74, 6) is 0.559. The summed E-state index contributed by atoms with van der Waals surface area (Å²) in [6.45, 7) is 4.26. The molecule has 0 spiro atoms. The summed E-state index contributed by atoms with van der Waals surface area (Å²) in [5, 5.41) is 16.6. The highest BCUT2D eigenvalue weighted by Crippen LogP contribution is 2.09. The SMILES string of the molecule is CCC(CCO)CNCc1ccc(-n2cccn2)cc1. The molecule has 1 heterocycles. The third kappa shape index (κ3) is 4.18. The average Bonchev–Trinajstić information content (AvgIpc) is 3.01. The third-order valence-electron chi connectivity index (χ3n) is 3.58. The van der Waals surface area contributed by atoms with Gasteiger partial charge in [0.1, 0.15) is 0 Å². The van der Waals surface area contributed by atoms with E-state index in [0.717, 1.165) is 31.6 Å². The van der Waals surface area contributed by atoms with Gasteiger partial charge in [0.2, 0.25) is 0 Å². The second-order valence-corrected chi connectivity index (χ2v) is 5.03. The lowest BCUT2D eigenvalue weighted by atomic mass is 10.0. The Bertz CT molecular complexity index is 479. The van der Waals surface area contributed by atoms with Gasteiger partial charge >= 0.3 is 0 Å². The molecule has 0 aliphatic heterocycles. The summed E-state index contributed by atoms with van der Waals surface area (Å²) < 4.78 is 1.85. The normalized spacial score (nSPS) is 12.5. The van der Waals surface area contributed by atoms with Crippen LogP contribution in [0.5, 0.6) is 0 Å². The van der Waals surface area contributed by atoms with E-state index >= 15 is 0 Å². The van der Waals surface area contributed by atoms with Crippen molar-refractivity contribution >= 4 is 0 Å². The van der Waals surface area contributed by atoms with Crippen molar-refractivity contribution in [3.8, 4) is 5.69 Å². The predicted molar refractivity (Wildman–Crippen MR) is 80.8 cm³/mol. The molecule has 4 nitrogen and oxygen atoms in total. The molecule has 0 fully saturated rings. The van der Waals surface area contributed by atoms with E-state index in [-0.39, 0.29) is 6.61 Å². The van der Waals surface area contributed by atoms with Gasteiger partial charge in [0.25, 0.3) is 0 Å². The van der Waals surface area contributed by atoms with Crippen LogP contribution in [0.3, 0.4) is 0 Å². The van der Waals surface area contributed by atoms with E-state index in [1.165, 1.54) is 5.56 Å². The number of hydrogen-bond donors (Lipinski definition) is 2. The summed E-state index contributed by atoms with van der Waals surface area (Å²) in [4.78, 5) is 0. The molecule has 0 saturated carbocycles. The largest absolute Gasteiger partial charge is 0.396 e. The molecule has 0 aliphatic carbocycles. The van der Waals surface area contributed by atoms with Gasteiger partial charge in [-0.2, -0.15) is 5.10 Å². The first-order valence-corrected chi connectivity index (χ1v) is 7.24. The first kappa shape index (κ1) is 14.8. The van der Waals surface area contributed by atoms with Crippen molar-refractivity contribution in [1.29, 1.82) is 0 Å². The molecule has 0 aliphatic rings. The zero-order chi connectivity index (χ0) is 14.2. The van der Waals surface area contributed by atoms with Crippen LogP contribution in [-0.4, -0.2) is 28.0 Å². The van der Waals surface area contributed by atoms with Crippen molar-refractivity contribution in [2.75, 3.05) is 13.2 Å². The molecule has 20 heavy (non-hydrogen) atoms. The fraction of sp³-hybridized carbons (Fsp3) is 0.438. The molecule has 1 aromatic carbocycles. The maximum atomic E-state index is 8.97. The van der Waals surface area contributed by atoms with Gasteiger partial charge in [-0.15, -0.1) is 0 Å². The standard InChI is InChI=1S/C16H23N3O/c1-2-14(8-11-20)12-17-13-15-4-6-16(7-5-15)19-10-3-9-18-19/h3-7,9-10,14,17,20H,2,8,11-13H2,1H3. The second-order valence-electron chi connectivity index (χ2n) is 5.03. The molecular formula is C16H23N3O. The molecule has 1 aromatic heterocycles. The van der Waals surface area contributed by atoms with Gasteiger partial charge in [0.05, 0.1) is 5.69 Å². The van der Waals surface area contributed by atoms with Crippen LogP contribution in [-0.2, 0) is 6.54 Å². The fourth-order valence-electron chi connectivity index (χ4n) is 2.24. The monoisotopic (exact) mass is 273 g/mol. The number of aliphatic hydroxyl groups is 1. The molecule has 1 unspecified atom stereocenters. The van der Waals surface area contributed by atoms with E-state index in [1.807, 2.05) is 16.9 Å². The van der Waals surface area contributed by atoms with Crippen LogP contribution >= 0.6 is 0 Å². The highest BCUT2D eigenvalue weighted by Gasteiger charge is 2.04. The van der Waals surface area contributed by atoms with Crippen molar-refractivity contribution in [3.05, 3.63) is 48.3 Å². The maximum absolute atomic E-state index is 8.97. The lowest BCUT2D eigenvalue weighted by Crippen LogP contribution is -2.22. The second kappa shape index (κ2) is 7.82. The van der Waals surface area contributed by atoms with Gasteiger partial charge in [0, 0.05) is 25.5 Å². The Hall–Kier alpha value is -1.65. The first-order valence-electron chi connectivity index (χ1n) is 7.24. The van der Waals surface area contributed by atoms with E-state index in [2.05, 4.69) is 41.6 Å². The van der Waals surface area contributed by atoms with Gasteiger partial charge in [-0.05, 0) is 42.6 Å². The zero-order valence-electron chi connectivity index (χ0n) is 12.0. The number of aromatic nitrogens is 2. The summed E-state index contributed by atoms with van der Waals surface area (Å²) in [6.07, 6.45) is 5.70. The molecule has 2 rings (SSSR count). The molecule has 1 atom stereocenters. The van der Waals surface area contributed by atoms with Gasteiger partial charge in [-0.3, -0.25) is 0 Å². The Kier molecular flexibility index (Phi) is 5.77. The van der Waals surface area contributed by atoms with Gasteiger partial charge in [-0.25, -0.2) is 4.68 Å². The van der Waals surface area contributed by atoms with Crippen LogP contribution < -0.4 is 5.32 Å². The van der Waals surface area contributed by atoms with E-state index in [4.69, 9.17) is 5.11 Å². The molecule has 2 N–H and O–H groups in total. The molecule has 4 heteroatoms. The Labute approximate surface area is 120 Å². The molecule has 0 bridgehead atoms. The summed E-state index contributed by atoms with van der Waals surface area (Å²) in [5.41, 5.74) is 2.34. The number of benzene rings is 1. The lowest BCUT2D eigenvalue weighted by molar-refractivity contribution is 0.251. The smallest absolute Gasteiger partial charge is 0.0645 e. The van der Waals surface area contributed by atoms with Gasteiger partial charge < -0.3 is 10.4 Å². The average molecular weight is 273 g/mol. The zero-order valence-corrected chi connectivity index (χ0v) is 12.0. The Balaban J connectivity index is 1.82. The maximum Gasteiger partial charge on any atom is 0.0645 e. The van der Waals surface area contributed by atoms with Crippen molar-refractivity contribution < 1.29 is 5.11 Å². The Morgan fingerprint density at radius 3 is 2.70 bits per heavy atom.